The Morgan fingerprint density at radius 2 is 1.90 bits per heavy atom. The molecule has 2 heterocycles. The third-order valence-corrected chi connectivity index (χ3v) is 4.90. The van der Waals surface area contributed by atoms with E-state index >= 15 is 0 Å². The van der Waals surface area contributed by atoms with Crippen molar-refractivity contribution in [3.63, 3.8) is 0 Å². The lowest BCUT2D eigenvalue weighted by molar-refractivity contribution is -0.350. The quantitative estimate of drug-likeness (QED) is 0.604. The maximum absolute atomic E-state index is 13.2. The summed E-state index contributed by atoms with van der Waals surface area (Å²) in [4.78, 5) is 12.0. The molecule has 2 aliphatic rings. The van der Waals surface area contributed by atoms with Gasteiger partial charge in [-0.25, -0.2) is 4.79 Å². The standard InChI is InChI=1S/C20H21F3N2O5/c21-20(22,23)19(29-7-8-30-19)13-28-17-5-3-14(4-6-17)10-25-11-16(9-24-25)18(26)27-12-15-1-2-15/h3-6,9,11,15H,1-2,7-8,10,12-13H2. The van der Waals surface area contributed by atoms with Crippen LogP contribution in [0.25, 0.3) is 0 Å². The lowest BCUT2D eigenvalue weighted by atomic mass is 10.2. The minimum atomic E-state index is -4.69. The van der Waals surface area contributed by atoms with Crippen molar-refractivity contribution in [1.82, 2.24) is 9.78 Å². The van der Waals surface area contributed by atoms with E-state index in [0.717, 1.165) is 18.4 Å². The lowest BCUT2D eigenvalue weighted by Gasteiger charge is -2.29. The van der Waals surface area contributed by atoms with Crippen molar-refractivity contribution >= 4 is 5.97 Å². The van der Waals surface area contributed by atoms with E-state index in [0.29, 0.717) is 24.6 Å². The van der Waals surface area contributed by atoms with Crippen LogP contribution in [0.1, 0.15) is 28.8 Å². The molecule has 2 aromatic rings. The molecular formula is C20H21F3N2O5. The van der Waals surface area contributed by atoms with Crippen molar-refractivity contribution in [2.24, 2.45) is 5.92 Å². The van der Waals surface area contributed by atoms with Crippen LogP contribution in [0, 0.1) is 5.92 Å². The van der Waals surface area contributed by atoms with E-state index in [-0.39, 0.29) is 19.0 Å². The summed E-state index contributed by atoms with van der Waals surface area (Å²) >= 11 is 0. The Morgan fingerprint density at radius 3 is 2.53 bits per heavy atom. The van der Waals surface area contributed by atoms with Crippen LogP contribution < -0.4 is 4.74 Å². The average molecular weight is 426 g/mol. The van der Waals surface area contributed by atoms with Gasteiger partial charge in [0.15, 0.2) is 6.61 Å². The minimum Gasteiger partial charge on any atom is -0.488 e. The molecule has 1 saturated carbocycles. The molecule has 0 spiro atoms. The van der Waals surface area contributed by atoms with Crippen LogP contribution >= 0.6 is 0 Å². The summed E-state index contributed by atoms with van der Waals surface area (Å²) in [5.41, 5.74) is 1.21. The highest BCUT2D eigenvalue weighted by molar-refractivity contribution is 5.88. The lowest BCUT2D eigenvalue weighted by Crippen LogP contribution is -2.51. The summed E-state index contributed by atoms with van der Waals surface area (Å²) in [7, 11) is 0. The topological polar surface area (TPSA) is 71.8 Å². The van der Waals surface area contributed by atoms with Crippen molar-refractivity contribution in [2.75, 3.05) is 26.4 Å². The van der Waals surface area contributed by atoms with Crippen LogP contribution in [0.4, 0.5) is 13.2 Å². The van der Waals surface area contributed by atoms with Crippen molar-refractivity contribution in [3.05, 3.63) is 47.8 Å². The zero-order chi connectivity index (χ0) is 21.2. The maximum atomic E-state index is 13.2. The van der Waals surface area contributed by atoms with E-state index in [1.54, 1.807) is 35.1 Å². The van der Waals surface area contributed by atoms with Gasteiger partial charge in [0, 0.05) is 6.20 Å². The fourth-order valence-corrected chi connectivity index (χ4v) is 2.96. The Hall–Kier alpha value is -2.59. The van der Waals surface area contributed by atoms with Crippen molar-refractivity contribution in [1.29, 1.82) is 0 Å². The molecule has 1 aromatic heterocycles. The van der Waals surface area contributed by atoms with Crippen LogP contribution in [-0.2, 0) is 20.8 Å². The highest BCUT2D eigenvalue weighted by atomic mass is 19.4. The second-order valence-corrected chi connectivity index (χ2v) is 7.35. The third kappa shape index (κ3) is 4.76. The molecule has 10 heteroatoms. The fourth-order valence-electron chi connectivity index (χ4n) is 2.96. The van der Waals surface area contributed by atoms with Gasteiger partial charge in [0.2, 0.25) is 0 Å². The number of nitrogens with zero attached hydrogens (tertiary/aromatic N) is 2. The summed E-state index contributed by atoms with van der Waals surface area (Å²) in [6.07, 6.45) is 0.556. The number of carbonyl (C=O) groups is 1. The molecule has 0 N–H and O–H groups in total. The van der Waals surface area contributed by atoms with E-state index < -0.39 is 24.5 Å². The van der Waals surface area contributed by atoms with Gasteiger partial charge in [0.05, 0.1) is 38.1 Å². The maximum Gasteiger partial charge on any atom is 0.447 e. The zero-order valence-electron chi connectivity index (χ0n) is 16.1. The Kier molecular flexibility index (Phi) is 5.70. The number of carbonyl (C=O) groups excluding carboxylic acids is 1. The normalized spacial score (nSPS) is 18.4. The second-order valence-electron chi connectivity index (χ2n) is 7.35. The Morgan fingerprint density at radius 1 is 1.20 bits per heavy atom. The van der Waals surface area contributed by atoms with Gasteiger partial charge >= 0.3 is 17.9 Å². The van der Waals surface area contributed by atoms with Gasteiger partial charge in [-0.1, -0.05) is 12.1 Å². The Labute approximate surface area is 170 Å². The van der Waals surface area contributed by atoms with Crippen LogP contribution in [0.3, 0.4) is 0 Å². The number of alkyl halides is 3. The number of benzene rings is 1. The average Bonchev–Trinajstić information content (AvgIpc) is 3.20. The van der Waals surface area contributed by atoms with Gasteiger partial charge in [0.1, 0.15) is 5.75 Å². The number of hydrogen-bond donors (Lipinski definition) is 0. The minimum absolute atomic E-state index is 0.137. The molecule has 7 nitrogen and oxygen atoms in total. The largest absolute Gasteiger partial charge is 0.488 e. The highest BCUT2D eigenvalue weighted by Gasteiger charge is 2.61. The van der Waals surface area contributed by atoms with Crippen LogP contribution in [0.15, 0.2) is 36.7 Å². The van der Waals surface area contributed by atoms with Gasteiger partial charge in [-0.2, -0.15) is 18.3 Å². The first kappa shape index (κ1) is 20.7. The molecule has 2 fully saturated rings. The second kappa shape index (κ2) is 8.27. The van der Waals surface area contributed by atoms with Gasteiger partial charge in [-0.15, -0.1) is 0 Å². The molecule has 0 radical (unpaired) electrons. The van der Waals surface area contributed by atoms with E-state index in [2.05, 4.69) is 5.10 Å². The first-order chi connectivity index (χ1) is 14.3. The molecule has 0 bridgehead atoms. The molecule has 162 valence electrons. The molecule has 4 rings (SSSR count). The molecule has 30 heavy (non-hydrogen) atoms. The Balaban J connectivity index is 1.31. The third-order valence-electron chi connectivity index (χ3n) is 4.90. The molecule has 1 aliphatic heterocycles. The van der Waals surface area contributed by atoms with Crippen molar-refractivity contribution in [3.8, 4) is 5.75 Å². The highest BCUT2D eigenvalue weighted by Crippen LogP contribution is 2.38. The van der Waals surface area contributed by atoms with Crippen LogP contribution in [0.5, 0.6) is 5.75 Å². The summed E-state index contributed by atoms with van der Waals surface area (Å²) in [5.74, 6) is -2.38. The van der Waals surface area contributed by atoms with E-state index in [1.165, 1.54) is 6.20 Å². The summed E-state index contributed by atoms with van der Waals surface area (Å²) in [6, 6.07) is 6.53. The van der Waals surface area contributed by atoms with Gasteiger partial charge in [0.25, 0.3) is 0 Å². The first-order valence-corrected chi connectivity index (χ1v) is 9.61. The molecule has 1 saturated heterocycles. The number of ether oxygens (including phenoxy) is 4. The number of rotatable bonds is 8. The molecule has 0 atom stereocenters. The number of esters is 1. The molecule has 0 amide bonds. The Bertz CT molecular complexity index is 871. The number of hydrogen-bond acceptors (Lipinski definition) is 6. The van der Waals surface area contributed by atoms with E-state index in [4.69, 9.17) is 18.9 Å². The molecule has 1 aliphatic carbocycles. The predicted octanol–water partition coefficient (Wildman–Crippen LogP) is 3.18. The monoisotopic (exact) mass is 426 g/mol. The summed E-state index contributed by atoms with van der Waals surface area (Å²) in [6.45, 7) is -0.239. The summed E-state index contributed by atoms with van der Waals surface area (Å²) in [5, 5.41) is 4.15. The van der Waals surface area contributed by atoms with Crippen molar-refractivity contribution in [2.45, 2.75) is 31.3 Å². The van der Waals surface area contributed by atoms with E-state index in [1.807, 2.05) is 0 Å². The van der Waals surface area contributed by atoms with E-state index in [9.17, 15) is 18.0 Å². The van der Waals surface area contributed by atoms with Crippen LogP contribution in [0.2, 0.25) is 0 Å². The molecule has 0 unspecified atom stereocenters. The first-order valence-electron chi connectivity index (χ1n) is 9.61. The summed E-state index contributed by atoms with van der Waals surface area (Å²) < 4.78 is 61.2. The SMILES string of the molecule is O=C(OCC1CC1)c1cnn(Cc2ccc(OCC3(C(F)(F)F)OCCO3)cc2)c1. The molecular weight excluding hydrogens is 405 g/mol. The fraction of sp³-hybridized carbons (Fsp3) is 0.500. The van der Waals surface area contributed by atoms with Gasteiger partial charge in [-0.05, 0) is 36.5 Å². The molecule has 1 aromatic carbocycles. The predicted molar refractivity (Wildman–Crippen MR) is 97.0 cm³/mol. The zero-order valence-corrected chi connectivity index (χ0v) is 16.1. The van der Waals surface area contributed by atoms with Crippen LogP contribution in [-0.4, -0.2) is 54.1 Å². The number of aromatic nitrogens is 2. The smallest absolute Gasteiger partial charge is 0.447 e. The van der Waals surface area contributed by atoms with Crippen molar-refractivity contribution < 1.29 is 36.9 Å². The van der Waals surface area contributed by atoms with Gasteiger partial charge in [-0.3, -0.25) is 4.68 Å². The van der Waals surface area contributed by atoms with Gasteiger partial charge < -0.3 is 18.9 Å². The number of halogens is 3.